The summed E-state index contributed by atoms with van der Waals surface area (Å²) in [5.41, 5.74) is 1.44. The Kier molecular flexibility index (Phi) is 4.54. The number of anilines is 1. The Morgan fingerprint density at radius 1 is 1.44 bits per heavy atom. The van der Waals surface area contributed by atoms with Gasteiger partial charge in [-0.15, -0.1) is 0 Å². The zero-order chi connectivity index (χ0) is 12.8. The summed E-state index contributed by atoms with van der Waals surface area (Å²) in [5, 5.41) is 12.0. The van der Waals surface area contributed by atoms with Crippen molar-refractivity contribution in [2.24, 2.45) is 0 Å². The number of hydrogen-bond donors (Lipinski definition) is 1. The molecule has 2 rings (SSSR count). The van der Waals surface area contributed by atoms with Crippen LogP contribution in [-0.4, -0.2) is 36.1 Å². The molecule has 0 spiro atoms. The van der Waals surface area contributed by atoms with E-state index in [9.17, 15) is 0 Å². The van der Waals surface area contributed by atoms with Gasteiger partial charge < -0.3 is 10.2 Å². The van der Waals surface area contributed by atoms with Gasteiger partial charge in [0.05, 0.1) is 11.9 Å². The maximum Gasteiger partial charge on any atom is 0.140 e. The zero-order valence-electron chi connectivity index (χ0n) is 10.9. The Morgan fingerprint density at radius 2 is 2.22 bits per heavy atom. The first-order valence-corrected chi connectivity index (χ1v) is 6.60. The summed E-state index contributed by atoms with van der Waals surface area (Å²) in [5.74, 6) is 0. The quantitative estimate of drug-likeness (QED) is 0.863. The Hall–Kier alpha value is -1.60. The lowest BCUT2D eigenvalue weighted by Crippen LogP contribution is -2.33. The van der Waals surface area contributed by atoms with Crippen molar-refractivity contribution in [3.05, 3.63) is 24.0 Å². The lowest BCUT2D eigenvalue weighted by molar-refractivity contribution is 0.254. The first-order valence-electron chi connectivity index (χ1n) is 6.60. The highest BCUT2D eigenvalue weighted by atomic mass is 15.1. The normalized spacial score (nSPS) is 15.8. The molecule has 0 aliphatic heterocycles. The second-order valence-corrected chi connectivity index (χ2v) is 4.89. The SMILES string of the molecule is CN(CCNc1ccc(C#N)nc1)C1CCCC1. The number of nitriles is 1. The molecule has 0 atom stereocenters. The Morgan fingerprint density at radius 3 is 2.83 bits per heavy atom. The van der Waals surface area contributed by atoms with E-state index in [2.05, 4.69) is 22.2 Å². The molecule has 1 aliphatic carbocycles. The molecule has 96 valence electrons. The first-order chi connectivity index (χ1) is 8.79. The van der Waals surface area contributed by atoms with Gasteiger partial charge in [0.15, 0.2) is 0 Å². The van der Waals surface area contributed by atoms with Crippen LogP contribution in [0, 0.1) is 11.3 Å². The molecule has 4 nitrogen and oxygen atoms in total. The van der Waals surface area contributed by atoms with Crippen LogP contribution in [0.1, 0.15) is 31.4 Å². The molecule has 0 aromatic carbocycles. The Balaban J connectivity index is 1.72. The second-order valence-electron chi connectivity index (χ2n) is 4.89. The number of likely N-dealkylation sites (N-methyl/N-ethyl adjacent to an activating group) is 1. The number of nitrogens with one attached hydrogen (secondary N) is 1. The molecule has 1 fully saturated rings. The van der Waals surface area contributed by atoms with Gasteiger partial charge >= 0.3 is 0 Å². The third-order valence-electron chi connectivity index (χ3n) is 3.62. The minimum atomic E-state index is 0.462. The molecule has 4 heteroatoms. The molecular formula is C14H20N4. The first kappa shape index (κ1) is 12.8. The van der Waals surface area contributed by atoms with E-state index >= 15 is 0 Å². The van der Waals surface area contributed by atoms with Gasteiger partial charge in [-0.2, -0.15) is 5.26 Å². The summed E-state index contributed by atoms with van der Waals surface area (Å²) in [6.45, 7) is 1.96. The molecule has 1 aromatic rings. The van der Waals surface area contributed by atoms with E-state index in [4.69, 9.17) is 5.26 Å². The molecule has 1 aromatic heterocycles. The van der Waals surface area contributed by atoms with Crippen molar-refractivity contribution < 1.29 is 0 Å². The molecule has 0 amide bonds. The number of rotatable bonds is 5. The van der Waals surface area contributed by atoms with Gasteiger partial charge in [0, 0.05) is 19.1 Å². The maximum absolute atomic E-state index is 8.66. The molecule has 1 heterocycles. The summed E-state index contributed by atoms with van der Waals surface area (Å²) in [7, 11) is 2.20. The highest BCUT2D eigenvalue weighted by Crippen LogP contribution is 2.21. The minimum absolute atomic E-state index is 0.462. The lowest BCUT2D eigenvalue weighted by atomic mass is 10.2. The van der Waals surface area contributed by atoms with E-state index in [1.54, 1.807) is 12.3 Å². The van der Waals surface area contributed by atoms with Gasteiger partial charge in [-0.1, -0.05) is 12.8 Å². The van der Waals surface area contributed by atoms with Crippen LogP contribution in [-0.2, 0) is 0 Å². The van der Waals surface area contributed by atoms with Gasteiger partial charge in [0.25, 0.3) is 0 Å². The van der Waals surface area contributed by atoms with Crippen molar-refractivity contribution in [3.63, 3.8) is 0 Å². The highest BCUT2D eigenvalue weighted by Gasteiger charge is 2.18. The van der Waals surface area contributed by atoms with Gasteiger partial charge in [-0.05, 0) is 32.0 Å². The summed E-state index contributed by atoms with van der Waals surface area (Å²) < 4.78 is 0. The van der Waals surface area contributed by atoms with E-state index in [1.807, 2.05) is 12.1 Å². The molecule has 1 saturated carbocycles. The topological polar surface area (TPSA) is 52.0 Å². The van der Waals surface area contributed by atoms with Crippen LogP contribution >= 0.6 is 0 Å². The second kappa shape index (κ2) is 6.36. The lowest BCUT2D eigenvalue weighted by Gasteiger charge is -2.24. The summed E-state index contributed by atoms with van der Waals surface area (Å²) in [6.07, 6.45) is 7.15. The van der Waals surface area contributed by atoms with Crippen molar-refractivity contribution in [1.29, 1.82) is 5.26 Å². The smallest absolute Gasteiger partial charge is 0.140 e. The molecule has 1 N–H and O–H groups in total. The molecule has 0 unspecified atom stereocenters. The number of nitrogens with zero attached hydrogens (tertiary/aromatic N) is 3. The fourth-order valence-corrected chi connectivity index (χ4v) is 2.47. The summed E-state index contributed by atoms with van der Waals surface area (Å²) in [4.78, 5) is 6.48. The molecular weight excluding hydrogens is 224 g/mol. The largest absolute Gasteiger partial charge is 0.383 e. The van der Waals surface area contributed by atoms with Gasteiger partial charge in [0.1, 0.15) is 11.8 Å². The van der Waals surface area contributed by atoms with Crippen LogP contribution < -0.4 is 5.32 Å². The zero-order valence-corrected chi connectivity index (χ0v) is 10.9. The van der Waals surface area contributed by atoms with E-state index < -0.39 is 0 Å². The molecule has 1 aliphatic rings. The van der Waals surface area contributed by atoms with Gasteiger partial charge in [0.2, 0.25) is 0 Å². The maximum atomic E-state index is 8.66. The Bertz CT molecular complexity index is 401. The third-order valence-corrected chi connectivity index (χ3v) is 3.62. The van der Waals surface area contributed by atoms with Crippen molar-refractivity contribution in [1.82, 2.24) is 9.88 Å². The van der Waals surface area contributed by atoms with E-state index in [0.29, 0.717) is 5.69 Å². The van der Waals surface area contributed by atoms with Crippen LogP contribution in [0.2, 0.25) is 0 Å². The predicted molar refractivity (Wildman–Crippen MR) is 72.3 cm³/mol. The molecule has 0 bridgehead atoms. The number of pyridine rings is 1. The molecule has 0 radical (unpaired) electrons. The molecule has 18 heavy (non-hydrogen) atoms. The fraction of sp³-hybridized carbons (Fsp3) is 0.571. The monoisotopic (exact) mass is 244 g/mol. The number of aromatic nitrogens is 1. The highest BCUT2D eigenvalue weighted by molar-refractivity contribution is 5.42. The van der Waals surface area contributed by atoms with Crippen molar-refractivity contribution in [2.45, 2.75) is 31.7 Å². The van der Waals surface area contributed by atoms with Crippen LogP contribution in [0.15, 0.2) is 18.3 Å². The van der Waals surface area contributed by atoms with E-state index in [1.165, 1.54) is 25.7 Å². The number of hydrogen-bond acceptors (Lipinski definition) is 4. The average Bonchev–Trinajstić information content (AvgIpc) is 2.93. The van der Waals surface area contributed by atoms with Crippen LogP contribution in [0.25, 0.3) is 0 Å². The molecule has 0 saturated heterocycles. The van der Waals surface area contributed by atoms with Crippen molar-refractivity contribution >= 4 is 5.69 Å². The predicted octanol–water partition coefficient (Wildman–Crippen LogP) is 2.24. The van der Waals surface area contributed by atoms with Gasteiger partial charge in [-0.25, -0.2) is 4.98 Å². The standard InChI is InChI=1S/C14H20N4/c1-18(14-4-2-3-5-14)9-8-16-13-7-6-12(10-15)17-11-13/h6-7,11,14,16H,2-5,8-9H2,1H3. The summed E-state index contributed by atoms with van der Waals surface area (Å²) in [6, 6.07) is 6.43. The fourth-order valence-electron chi connectivity index (χ4n) is 2.47. The Labute approximate surface area is 109 Å². The third kappa shape index (κ3) is 3.44. The minimum Gasteiger partial charge on any atom is -0.383 e. The van der Waals surface area contributed by atoms with E-state index in [-0.39, 0.29) is 0 Å². The van der Waals surface area contributed by atoms with Gasteiger partial charge in [-0.3, -0.25) is 0 Å². The van der Waals surface area contributed by atoms with Crippen molar-refractivity contribution in [2.75, 3.05) is 25.5 Å². The van der Waals surface area contributed by atoms with Crippen LogP contribution in [0.4, 0.5) is 5.69 Å². The van der Waals surface area contributed by atoms with Crippen molar-refractivity contribution in [3.8, 4) is 6.07 Å². The van der Waals surface area contributed by atoms with Crippen LogP contribution in [0.3, 0.4) is 0 Å². The van der Waals surface area contributed by atoms with E-state index in [0.717, 1.165) is 24.8 Å². The summed E-state index contributed by atoms with van der Waals surface area (Å²) >= 11 is 0. The average molecular weight is 244 g/mol. The van der Waals surface area contributed by atoms with Crippen LogP contribution in [0.5, 0.6) is 0 Å².